The zero-order valence-corrected chi connectivity index (χ0v) is 38.2. The average molecular weight is 807 g/mol. The Kier molecular flexibility index (Phi) is 12.0. The number of esters is 1. The molecule has 3 N–H and O–H groups in total. The topological polar surface area (TPSA) is 96.2 Å². The van der Waals surface area contributed by atoms with Crippen LogP contribution in [0.2, 0.25) is 0 Å². The van der Waals surface area contributed by atoms with Crippen LogP contribution in [0.4, 0.5) is 0 Å². The van der Waals surface area contributed by atoms with Crippen LogP contribution in [0.1, 0.15) is 133 Å². The fraction of sp³-hybridized carbons (Fsp3) is 0.352. The molecule has 0 heterocycles. The van der Waals surface area contributed by atoms with Gasteiger partial charge in [-0.05, 0) is 215 Å². The van der Waals surface area contributed by atoms with Gasteiger partial charge in [0.25, 0.3) is 0 Å². The highest BCUT2D eigenvalue weighted by atomic mass is 16.6. The minimum Gasteiger partial charge on any atom is -0.507 e. The monoisotopic (exact) mass is 806 g/mol. The van der Waals surface area contributed by atoms with Crippen LogP contribution < -0.4 is 4.74 Å². The van der Waals surface area contributed by atoms with Crippen molar-refractivity contribution in [2.75, 3.05) is 6.61 Å². The van der Waals surface area contributed by atoms with Crippen LogP contribution in [0.5, 0.6) is 23.0 Å². The Hall–Kier alpha value is -5.75. The Morgan fingerprint density at radius 2 is 0.817 bits per heavy atom. The SMILES string of the molecule is Cc1cc(C(c2ccc3cc(C(c4cc(C)c(O)c(C)c4C)c4cc(C)c(OCC(=O)OC(C)(C)C)c(C)c4C)ccc3c2)c2cc(C)c(O)c(C)c2C)c(C)c(C)c1O. The van der Waals surface area contributed by atoms with E-state index in [0.29, 0.717) is 23.0 Å². The maximum absolute atomic E-state index is 12.6. The molecule has 60 heavy (non-hydrogen) atoms. The molecule has 0 aliphatic rings. The van der Waals surface area contributed by atoms with Gasteiger partial charge in [0.2, 0.25) is 0 Å². The summed E-state index contributed by atoms with van der Waals surface area (Å²) in [7, 11) is 0. The number of ether oxygens (including phenoxy) is 2. The fourth-order valence-electron chi connectivity index (χ4n) is 9.01. The van der Waals surface area contributed by atoms with E-state index in [2.05, 4.69) is 88.4 Å². The summed E-state index contributed by atoms with van der Waals surface area (Å²) in [6, 6.07) is 21.9. The summed E-state index contributed by atoms with van der Waals surface area (Å²) in [5, 5.41) is 35.0. The lowest BCUT2D eigenvalue weighted by molar-refractivity contribution is -0.157. The lowest BCUT2D eigenvalue weighted by Gasteiger charge is -2.28. The van der Waals surface area contributed by atoms with Crippen LogP contribution >= 0.6 is 0 Å². The van der Waals surface area contributed by atoms with Gasteiger partial charge in [-0.1, -0.05) is 60.7 Å². The molecule has 6 nitrogen and oxygen atoms in total. The Morgan fingerprint density at radius 3 is 1.17 bits per heavy atom. The lowest BCUT2D eigenvalue weighted by atomic mass is 9.76. The van der Waals surface area contributed by atoms with Gasteiger partial charge in [-0.2, -0.15) is 0 Å². The molecule has 0 amide bonds. The molecule has 314 valence electrons. The molecule has 0 saturated heterocycles. The smallest absolute Gasteiger partial charge is 0.344 e. The molecule has 1 atom stereocenters. The van der Waals surface area contributed by atoms with Gasteiger partial charge in [-0.25, -0.2) is 4.79 Å². The summed E-state index contributed by atoms with van der Waals surface area (Å²) in [5.41, 5.74) is 17.3. The molecule has 6 aromatic carbocycles. The minimum absolute atomic E-state index is 0.145. The zero-order valence-electron chi connectivity index (χ0n) is 38.2. The lowest BCUT2D eigenvalue weighted by Crippen LogP contribution is -2.27. The van der Waals surface area contributed by atoms with E-state index in [1.54, 1.807) is 0 Å². The summed E-state index contributed by atoms with van der Waals surface area (Å²) >= 11 is 0. The summed E-state index contributed by atoms with van der Waals surface area (Å²) < 4.78 is 11.7. The summed E-state index contributed by atoms with van der Waals surface area (Å²) in [4.78, 5) is 12.6. The van der Waals surface area contributed by atoms with Gasteiger partial charge in [0.05, 0.1) is 0 Å². The van der Waals surface area contributed by atoms with E-state index in [0.717, 1.165) is 111 Å². The van der Waals surface area contributed by atoms with E-state index in [-0.39, 0.29) is 18.4 Å². The van der Waals surface area contributed by atoms with E-state index in [4.69, 9.17) is 9.47 Å². The van der Waals surface area contributed by atoms with Crippen molar-refractivity contribution >= 4 is 16.7 Å². The van der Waals surface area contributed by atoms with Crippen molar-refractivity contribution in [3.05, 3.63) is 161 Å². The highest BCUT2D eigenvalue weighted by Crippen LogP contribution is 2.45. The van der Waals surface area contributed by atoms with Crippen LogP contribution in [0.25, 0.3) is 10.8 Å². The van der Waals surface area contributed by atoms with Crippen molar-refractivity contribution in [2.24, 2.45) is 0 Å². The molecule has 0 fully saturated rings. The normalized spacial score (nSPS) is 12.3. The third-order valence-electron chi connectivity index (χ3n) is 12.9. The van der Waals surface area contributed by atoms with E-state index in [9.17, 15) is 20.1 Å². The molecule has 0 radical (unpaired) electrons. The van der Waals surface area contributed by atoms with Crippen molar-refractivity contribution in [3.8, 4) is 23.0 Å². The van der Waals surface area contributed by atoms with Gasteiger partial charge in [0, 0.05) is 11.8 Å². The summed E-state index contributed by atoms with van der Waals surface area (Å²) in [6.07, 6.45) is 0. The van der Waals surface area contributed by atoms with Gasteiger partial charge >= 0.3 is 5.97 Å². The Bertz CT molecular complexity index is 2630. The predicted octanol–water partition coefficient (Wildman–Crippen LogP) is 12.7. The number of aromatic hydroxyl groups is 3. The van der Waals surface area contributed by atoms with Gasteiger partial charge in [-0.15, -0.1) is 0 Å². The zero-order chi connectivity index (χ0) is 44.3. The second-order valence-electron chi connectivity index (χ2n) is 18.1. The van der Waals surface area contributed by atoms with E-state index in [1.807, 2.05) is 76.2 Å². The molecule has 0 aliphatic carbocycles. The first-order valence-corrected chi connectivity index (χ1v) is 20.9. The van der Waals surface area contributed by atoms with E-state index >= 15 is 0 Å². The number of benzene rings is 6. The molecule has 6 rings (SSSR count). The number of rotatable bonds is 9. The number of aryl methyl sites for hydroxylation is 4. The van der Waals surface area contributed by atoms with Crippen molar-refractivity contribution in [1.29, 1.82) is 0 Å². The van der Waals surface area contributed by atoms with Gasteiger partial charge in [0.15, 0.2) is 6.61 Å². The number of carbonyl (C=O) groups excluding carboxylic acids is 1. The van der Waals surface area contributed by atoms with Crippen molar-refractivity contribution < 1.29 is 29.6 Å². The first-order chi connectivity index (χ1) is 28.0. The second kappa shape index (κ2) is 16.4. The Morgan fingerprint density at radius 1 is 0.483 bits per heavy atom. The highest BCUT2D eigenvalue weighted by Gasteiger charge is 2.28. The third-order valence-corrected chi connectivity index (χ3v) is 12.9. The number of phenolic OH excluding ortho intramolecular Hbond substituents is 3. The van der Waals surface area contributed by atoms with Crippen molar-refractivity contribution in [3.63, 3.8) is 0 Å². The Labute approximate surface area is 356 Å². The fourth-order valence-corrected chi connectivity index (χ4v) is 9.01. The van der Waals surface area contributed by atoms with Crippen LogP contribution in [0.3, 0.4) is 0 Å². The van der Waals surface area contributed by atoms with E-state index < -0.39 is 11.6 Å². The molecule has 6 heteroatoms. The van der Waals surface area contributed by atoms with Crippen LogP contribution in [-0.2, 0) is 9.53 Å². The molecular formula is C54H62O6. The Balaban J connectivity index is 1.53. The van der Waals surface area contributed by atoms with Crippen molar-refractivity contribution in [2.45, 2.75) is 121 Å². The number of phenols is 3. The second-order valence-corrected chi connectivity index (χ2v) is 18.1. The minimum atomic E-state index is -0.604. The molecule has 0 aromatic heterocycles. The predicted molar refractivity (Wildman–Crippen MR) is 245 cm³/mol. The molecule has 1 unspecified atom stereocenters. The molecule has 0 bridgehead atoms. The molecule has 6 aromatic rings. The van der Waals surface area contributed by atoms with Crippen LogP contribution in [-0.4, -0.2) is 33.5 Å². The summed E-state index contributed by atoms with van der Waals surface area (Å²) in [6.45, 7) is 29.6. The number of hydrogen-bond acceptors (Lipinski definition) is 6. The number of carbonyl (C=O) groups is 1. The molecule has 0 aliphatic heterocycles. The molecular weight excluding hydrogens is 745 g/mol. The van der Waals surface area contributed by atoms with Crippen LogP contribution in [0, 0.1) is 83.1 Å². The average Bonchev–Trinajstić information content (AvgIpc) is 3.19. The van der Waals surface area contributed by atoms with Gasteiger partial charge in [-0.3, -0.25) is 0 Å². The highest BCUT2D eigenvalue weighted by molar-refractivity contribution is 5.85. The summed E-state index contributed by atoms with van der Waals surface area (Å²) in [5.74, 6) is 0.908. The first-order valence-electron chi connectivity index (χ1n) is 20.9. The number of fused-ring (bicyclic) bond motifs is 1. The van der Waals surface area contributed by atoms with Gasteiger partial charge < -0.3 is 24.8 Å². The quantitative estimate of drug-likeness (QED) is 0.0995. The first kappa shape index (κ1) is 43.8. The molecule has 0 spiro atoms. The molecule has 0 saturated carbocycles. The number of hydrogen-bond donors (Lipinski definition) is 3. The van der Waals surface area contributed by atoms with E-state index in [1.165, 1.54) is 0 Å². The van der Waals surface area contributed by atoms with Gasteiger partial charge in [0.1, 0.15) is 28.6 Å². The third kappa shape index (κ3) is 8.09. The maximum atomic E-state index is 12.6. The standard InChI is InChI=1S/C54H62O6/c1-27-20-43(31(5)35(9)50(27)56)48(44-21-28(2)51(57)36(10)32(44)6)41-18-16-40-25-42(19-17-39(40)24-41)49(45-22-29(3)52(58)37(11)33(45)7)46-23-30(4)53(38(12)34(46)8)59-26-47(55)60-54(13,14)15/h16-25,48-49,56-58H,26H2,1-15H3. The van der Waals surface area contributed by atoms with Crippen molar-refractivity contribution in [1.82, 2.24) is 0 Å². The van der Waals surface area contributed by atoms with Crippen LogP contribution in [0.15, 0.2) is 60.7 Å². The maximum Gasteiger partial charge on any atom is 0.344 e. The largest absolute Gasteiger partial charge is 0.507 e.